The molecule has 0 aromatic heterocycles. The van der Waals surface area contributed by atoms with Gasteiger partial charge in [-0.1, -0.05) is 40.5 Å². The van der Waals surface area contributed by atoms with Gasteiger partial charge in [-0.3, -0.25) is 4.79 Å². The van der Waals surface area contributed by atoms with E-state index < -0.39 is 30.2 Å². The van der Waals surface area contributed by atoms with Crippen LogP contribution in [-0.2, 0) is 24.2 Å². The van der Waals surface area contributed by atoms with Gasteiger partial charge in [0.1, 0.15) is 0 Å². The van der Waals surface area contributed by atoms with Crippen LogP contribution in [0.3, 0.4) is 0 Å². The topological polar surface area (TPSA) is 142 Å². The molecule has 4 saturated carbocycles. The number of ketones is 1. The molecule has 12 unspecified atom stereocenters. The molecule has 0 aliphatic heterocycles. The normalized spacial score (nSPS) is 40.7. The summed E-state index contributed by atoms with van der Waals surface area (Å²) >= 11 is 0. The van der Waals surface area contributed by atoms with Crippen molar-refractivity contribution in [3.05, 3.63) is 0 Å². The van der Waals surface area contributed by atoms with Crippen molar-refractivity contribution < 1.29 is 39.5 Å². The highest BCUT2D eigenvalue weighted by molar-refractivity contribution is 6.03. The highest BCUT2D eigenvalue weighted by Crippen LogP contribution is 2.68. The molecule has 0 heterocycles. The molecule has 9 nitrogen and oxygen atoms in total. The molecule has 0 aromatic carbocycles. The van der Waals surface area contributed by atoms with E-state index in [-0.39, 0.29) is 71.1 Å². The Kier molecular flexibility index (Phi) is 10.8. The van der Waals surface area contributed by atoms with E-state index in [1.807, 2.05) is 6.92 Å². The Morgan fingerprint density at radius 3 is 2.38 bits per heavy atom. The highest BCUT2D eigenvalue weighted by Gasteiger charge is 2.65. The van der Waals surface area contributed by atoms with Crippen molar-refractivity contribution in [2.75, 3.05) is 7.05 Å². The lowest BCUT2D eigenvalue weighted by molar-refractivity contribution is -0.260. The molecule has 4 fully saturated rings. The number of nitrogens with one attached hydrogen (secondary N) is 1. The van der Waals surface area contributed by atoms with Crippen LogP contribution < -0.4 is 5.32 Å². The number of fused-ring (bicyclic) bond motifs is 5. The van der Waals surface area contributed by atoms with E-state index in [4.69, 9.17) is 0 Å². The summed E-state index contributed by atoms with van der Waals surface area (Å²) in [5, 5.41) is 36.3. The molecule has 4 aliphatic rings. The van der Waals surface area contributed by atoms with Gasteiger partial charge in [0.2, 0.25) is 0 Å². The van der Waals surface area contributed by atoms with E-state index >= 15 is 0 Å². The Labute approximate surface area is 251 Å². The Bertz CT molecular complexity index is 974. The largest absolute Gasteiger partial charge is 0.393 e. The molecular weight excluding hydrogens is 538 g/mol. The number of Topliss-reactive ketones (excluding diaryl/α,β-unsaturated/α-hetero) is 1. The number of aliphatic hydroxyl groups is 3. The maximum Gasteiger partial charge on any atom is 0.379 e. The standard InChI is InChI=1S/C33H55NO8/c1-6-7-8-9-28(39)41-42-31(40)30(34-5)25(36)13-10-19(2)22-11-12-23-29-24(18-27(38)33(22,23)4)32(3)15-14-21(35)16-20(32)17-26(29)37/h19-24,26-27,29-30,34-35,37-38H,6-18H2,1-5H3. The van der Waals surface area contributed by atoms with E-state index in [2.05, 4.69) is 35.9 Å². The quantitative estimate of drug-likeness (QED) is 0.121. The van der Waals surface area contributed by atoms with Gasteiger partial charge in [-0.25, -0.2) is 19.4 Å². The molecule has 0 spiro atoms. The fraction of sp³-hybridized carbons (Fsp3) is 0.909. The lowest BCUT2D eigenvalue weighted by Crippen LogP contribution is -2.62. The first kappa shape index (κ1) is 33.3. The van der Waals surface area contributed by atoms with E-state index in [1.54, 1.807) is 0 Å². The number of unbranched alkanes of at least 4 members (excludes halogenated alkanes) is 2. The van der Waals surface area contributed by atoms with Crippen LogP contribution in [0.25, 0.3) is 0 Å². The molecule has 0 saturated heterocycles. The second-order valence-corrected chi connectivity index (χ2v) is 14.5. The summed E-state index contributed by atoms with van der Waals surface area (Å²) in [6.45, 7) is 8.68. The number of rotatable bonds is 11. The lowest BCUT2D eigenvalue weighted by Gasteiger charge is -2.63. The average molecular weight is 594 g/mol. The van der Waals surface area contributed by atoms with Crippen LogP contribution in [0.4, 0.5) is 0 Å². The molecule has 4 N–H and O–H groups in total. The SMILES string of the molecule is CCCCCC(=O)OOC(=O)C(NC)C(=O)CCC(C)C1CCC2C3C(O)CC4CC(O)CCC4(C)C3CC(O)C12C. The van der Waals surface area contributed by atoms with Crippen molar-refractivity contribution in [1.82, 2.24) is 5.32 Å². The van der Waals surface area contributed by atoms with Crippen LogP contribution in [-0.4, -0.2) is 64.4 Å². The predicted octanol–water partition coefficient (Wildman–Crippen LogP) is 4.10. The first-order valence-corrected chi connectivity index (χ1v) is 16.5. The third kappa shape index (κ3) is 6.31. The Morgan fingerprint density at radius 1 is 0.952 bits per heavy atom. The van der Waals surface area contributed by atoms with Crippen molar-refractivity contribution in [2.45, 2.75) is 136 Å². The molecule has 12 atom stereocenters. The van der Waals surface area contributed by atoms with Crippen LogP contribution in [0.15, 0.2) is 0 Å². The van der Waals surface area contributed by atoms with Crippen molar-refractivity contribution in [3.63, 3.8) is 0 Å². The molecule has 0 radical (unpaired) electrons. The van der Waals surface area contributed by atoms with Gasteiger partial charge in [0.15, 0.2) is 11.8 Å². The maximum atomic E-state index is 13.0. The monoisotopic (exact) mass is 593 g/mol. The van der Waals surface area contributed by atoms with Crippen molar-refractivity contribution >= 4 is 17.7 Å². The van der Waals surface area contributed by atoms with Crippen molar-refractivity contribution in [3.8, 4) is 0 Å². The summed E-state index contributed by atoms with van der Waals surface area (Å²) in [7, 11) is 1.50. The first-order valence-electron chi connectivity index (χ1n) is 16.5. The number of carbonyl (C=O) groups is 3. The minimum Gasteiger partial charge on any atom is -0.393 e. The summed E-state index contributed by atoms with van der Waals surface area (Å²) in [5.74, 6) is -0.662. The van der Waals surface area contributed by atoms with Gasteiger partial charge in [0.25, 0.3) is 0 Å². The minimum absolute atomic E-state index is 0.0299. The number of hydrogen-bond acceptors (Lipinski definition) is 9. The Morgan fingerprint density at radius 2 is 1.69 bits per heavy atom. The molecule has 0 bridgehead atoms. The van der Waals surface area contributed by atoms with Crippen LogP contribution in [0, 0.1) is 46.3 Å². The fourth-order valence-corrected chi connectivity index (χ4v) is 9.95. The number of carbonyl (C=O) groups excluding carboxylic acids is 3. The zero-order valence-electron chi connectivity index (χ0n) is 26.3. The molecule has 4 rings (SSSR count). The molecular formula is C33H55NO8. The Balaban J connectivity index is 1.36. The summed E-state index contributed by atoms with van der Waals surface area (Å²) in [5.41, 5.74) is -0.322. The Hall–Kier alpha value is -1.55. The smallest absolute Gasteiger partial charge is 0.379 e. The zero-order valence-corrected chi connectivity index (χ0v) is 26.3. The number of hydrogen-bond donors (Lipinski definition) is 4. The first-order chi connectivity index (χ1) is 19.9. The lowest BCUT2D eigenvalue weighted by atomic mass is 9.43. The molecule has 0 amide bonds. The summed E-state index contributed by atoms with van der Waals surface area (Å²) in [6, 6.07) is -1.21. The second kappa shape index (κ2) is 13.6. The summed E-state index contributed by atoms with van der Waals surface area (Å²) in [4.78, 5) is 46.6. The molecule has 9 heteroatoms. The van der Waals surface area contributed by atoms with Crippen LogP contribution in [0.1, 0.15) is 111 Å². The zero-order chi connectivity index (χ0) is 30.8. The van der Waals surface area contributed by atoms with E-state index in [1.165, 1.54) is 7.05 Å². The van der Waals surface area contributed by atoms with E-state index in [9.17, 15) is 29.7 Å². The van der Waals surface area contributed by atoms with E-state index in [0.717, 1.165) is 51.4 Å². The van der Waals surface area contributed by atoms with Gasteiger partial charge in [-0.05, 0) is 111 Å². The van der Waals surface area contributed by atoms with Crippen LogP contribution >= 0.6 is 0 Å². The van der Waals surface area contributed by atoms with Gasteiger partial charge < -0.3 is 20.6 Å². The summed E-state index contributed by atoms with van der Waals surface area (Å²) in [6.07, 6.45) is 7.93. The molecule has 4 aliphatic carbocycles. The second-order valence-electron chi connectivity index (χ2n) is 14.5. The van der Waals surface area contributed by atoms with Crippen LogP contribution in [0.2, 0.25) is 0 Å². The van der Waals surface area contributed by atoms with Gasteiger partial charge in [0, 0.05) is 6.42 Å². The minimum atomic E-state index is -1.21. The maximum absolute atomic E-state index is 13.0. The number of aliphatic hydroxyl groups excluding tert-OH is 3. The van der Waals surface area contributed by atoms with Gasteiger partial charge in [-0.2, -0.15) is 0 Å². The third-order valence-corrected chi connectivity index (χ3v) is 12.4. The highest BCUT2D eigenvalue weighted by atomic mass is 17.2. The van der Waals surface area contributed by atoms with Crippen molar-refractivity contribution in [1.29, 1.82) is 0 Å². The molecule has 42 heavy (non-hydrogen) atoms. The average Bonchev–Trinajstić information content (AvgIpc) is 3.31. The number of likely N-dealkylation sites (N-methyl/N-ethyl adjacent to an activating group) is 1. The third-order valence-electron chi connectivity index (χ3n) is 12.4. The molecule has 240 valence electrons. The van der Waals surface area contributed by atoms with Gasteiger partial charge in [0.05, 0.1) is 24.7 Å². The van der Waals surface area contributed by atoms with Crippen LogP contribution in [0.5, 0.6) is 0 Å². The van der Waals surface area contributed by atoms with Gasteiger partial charge in [-0.15, -0.1) is 0 Å². The summed E-state index contributed by atoms with van der Waals surface area (Å²) < 4.78 is 0. The molecule has 0 aromatic rings. The predicted molar refractivity (Wildman–Crippen MR) is 157 cm³/mol. The van der Waals surface area contributed by atoms with E-state index in [0.29, 0.717) is 19.3 Å². The van der Waals surface area contributed by atoms with Crippen molar-refractivity contribution in [2.24, 2.45) is 46.3 Å². The fourth-order valence-electron chi connectivity index (χ4n) is 9.95. The van der Waals surface area contributed by atoms with Gasteiger partial charge >= 0.3 is 11.9 Å².